The van der Waals surface area contributed by atoms with Crippen molar-refractivity contribution in [1.29, 1.82) is 0 Å². The summed E-state index contributed by atoms with van der Waals surface area (Å²) in [5.74, 6) is 0.233. The molecule has 6 nitrogen and oxygen atoms in total. The Morgan fingerprint density at radius 2 is 2.07 bits per heavy atom. The second kappa shape index (κ2) is 8.02. The third-order valence-corrected chi connectivity index (χ3v) is 5.93. The average Bonchev–Trinajstić information content (AvgIpc) is 3.10. The van der Waals surface area contributed by atoms with Crippen molar-refractivity contribution in [2.75, 3.05) is 19.8 Å². The van der Waals surface area contributed by atoms with Crippen LogP contribution < -0.4 is 5.32 Å². The van der Waals surface area contributed by atoms with Crippen LogP contribution in [0.15, 0.2) is 34.7 Å². The summed E-state index contributed by atoms with van der Waals surface area (Å²) >= 11 is 6.14. The largest absolute Gasteiger partial charge is 0.456 e. The molecule has 1 aliphatic carbocycles. The van der Waals surface area contributed by atoms with Crippen LogP contribution in [0.2, 0.25) is 5.02 Å². The minimum atomic E-state index is -0.493. The molecule has 0 spiro atoms. The van der Waals surface area contributed by atoms with Gasteiger partial charge in [-0.25, -0.2) is 6.57 Å². The second-order valence-corrected chi connectivity index (χ2v) is 7.91. The van der Waals surface area contributed by atoms with Crippen molar-refractivity contribution in [3.8, 4) is 0 Å². The van der Waals surface area contributed by atoms with Gasteiger partial charge in [-0.2, -0.15) is 0 Å². The van der Waals surface area contributed by atoms with Crippen LogP contribution >= 0.6 is 11.6 Å². The summed E-state index contributed by atoms with van der Waals surface area (Å²) in [4.78, 5) is 28.8. The summed E-state index contributed by atoms with van der Waals surface area (Å²) in [5.41, 5.74) is 1.07. The number of rotatable bonds is 7. The summed E-state index contributed by atoms with van der Waals surface area (Å²) in [5, 5.41) is 3.58. The molecule has 2 unspecified atom stereocenters. The molecule has 2 heterocycles. The monoisotopic (exact) mass is 412 g/mol. The Hall–Kier alpha value is -2.62. The van der Waals surface area contributed by atoms with Gasteiger partial charge >= 0.3 is 0 Å². The van der Waals surface area contributed by atoms with Crippen LogP contribution in [-0.4, -0.2) is 37.5 Å². The maximum Gasteiger partial charge on any atom is 0.255 e. The minimum absolute atomic E-state index is 0.0798. The van der Waals surface area contributed by atoms with Gasteiger partial charge in [-0.15, -0.1) is 0 Å². The molecule has 1 aromatic heterocycles. The van der Waals surface area contributed by atoms with E-state index in [0.29, 0.717) is 41.4 Å². The van der Waals surface area contributed by atoms with Crippen LogP contribution in [0.5, 0.6) is 0 Å². The van der Waals surface area contributed by atoms with E-state index in [1.54, 1.807) is 25.1 Å². The fourth-order valence-electron chi connectivity index (χ4n) is 3.99. The van der Waals surface area contributed by atoms with E-state index in [0.717, 1.165) is 5.56 Å². The molecule has 4 rings (SSSR count). The number of amides is 1. The molecular formula is C22H21ClN2O4. The molecule has 2 fully saturated rings. The summed E-state index contributed by atoms with van der Waals surface area (Å²) in [6.45, 7) is 10.5. The number of Topliss-reactive ketones (excluding diaryl/α,β-unsaturated/α-hetero) is 1. The summed E-state index contributed by atoms with van der Waals surface area (Å²) in [6, 6.07) is 8.74. The molecule has 2 aliphatic rings. The van der Waals surface area contributed by atoms with Crippen LogP contribution in [0.3, 0.4) is 0 Å². The molecule has 0 radical (unpaired) electrons. The average molecular weight is 413 g/mol. The highest BCUT2D eigenvalue weighted by atomic mass is 35.5. The van der Waals surface area contributed by atoms with Gasteiger partial charge in [-0.1, -0.05) is 30.7 Å². The third-order valence-electron chi connectivity index (χ3n) is 5.69. The molecule has 7 heteroatoms. The number of ether oxygens (including phenoxy) is 1. The highest BCUT2D eigenvalue weighted by Gasteiger charge is 2.55. The van der Waals surface area contributed by atoms with Crippen LogP contribution in [0.25, 0.3) is 4.85 Å². The Morgan fingerprint density at radius 3 is 2.72 bits per heavy atom. The maximum absolute atomic E-state index is 13.1. The Kier molecular flexibility index (Phi) is 5.44. The van der Waals surface area contributed by atoms with Crippen molar-refractivity contribution >= 4 is 23.3 Å². The van der Waals surface area contributed by atoms with Crippen molar-refractivity contribution in [3.63, 3.8) is 0 Å². The molecule has 1 aliphatic heterocycles. The quantitative estimate of drug-likeness (QED) is 0.552. The Bertz CT molecular complexity index is 983. The van der Waals surface area contributed by atoms with Gasteiger partial charge in [0.15, 0.2) is 11.5 Å². The molecular weight excluding hydrogens is 392 g/mol. The molecule has 1 saturated heterocycles. The fourth-order valence-corrected chi connectivity index (χ4v) is 4.19. The number of furan rings is 1. The van der Waals surface area contributed by atoms with Gasteiger partial charge in [-0.3, -0.25) is 9.59 Å². The lowest BCUT2D eigenvalue weighted by Gasteiger charge is -2.13. The number of ketones is 1. The number of fused-ring (bicyclic) bond motifs is 1. The van der Waals surface area contributed by atoms with Crippen molar-refractivity contribution in [2.24, 2.45) is 11.8 Å². The predicted molar refractivity (Wildman–Crippen MR) is 107 cm³/mol. The standard InChI is InChI=1S/C22H21ClN2O4/c1-3-18(26)19-8-14(22(27)25-20-16-10-28-11-17(16)20)21(29-19)15(9-24-2)12-5-4-6-13(23)7-12/h4-8,15-17,20H,3,9-11H2,1H3,(H,25,27)/t15?,16-,17+,20?. The first-order valence-corrected chi connectivity index (χ1v) is 10.1. The van der Waals surface area contributed by atoms with E-state index >= 15 is 0 Å². The summed E-state index contributed by atoms with van der Waals surface area (Å²) < 4.78 is 11.2. The van der Waals surface area contributed by atoms with Gasteiger partial charge in [0.1, 0.15) is 11.7 Å². The molecule has 150 valence electrons. The van der Waals surface area contributed by atoms with E-state index in [-0.39, 0.29) is 36.5 Å². The molecule has 0 bridgehead atoms. The van der Waals surface area contributed by atoms with Crippen LogP contribution in [0.1, 0.15) is 51.5 Å². The van der Waals surface area contributed by atoms with Crippen molar-refractivity contribution in [2.45, 2.75) is 25.3 Å². The van der Waals surface area contributed by atoms with E-state index in [4.69, 9.17) is 27.3 Å². The second-order valence-electron chi connectivity index (χ2n) is 7.48. The number of nitrogens with zero attached hydrogens (tertiary/aromatic N) is 1. The molecule has 29 heavy (non-hydrogen) atoms. The number of halogens is 1. The number of hydrogen-bond acceptors (Lipinski definition) is 4. The van der Waals surface area contributed by atoms with Gasteiger partial charge < -0.3 is 19.3 Å². The first-order chi connectivity index (χ1) is 14.0. The first-order valence-electron chi connectivity index (χ1n) is 9.67. The van der Waals surface area contributed by atoms with E-state index in [2.05, 4.69) is 10.2 Å². The predicted octanol–water partition coefficient (Wildman–Crippen LogP) is 3.95. The summed E-state index contributed by atoms with van der Waals surface area (Å²) in [7, 11) is 0. The minimum Gasteiger partial charge on any atom is -0.456 e. The third kappa shape index (κ3) is 3.81. The number of carbonyl (C=O) groups is 2. The molecule has 1 saturated carbocycles. The Labute approximate surface area is 174 Å². The zero-order chi connectivity index (χ0) is 20.5. The number of hydrogen-bond donors (Lipinski definition) is 1. The van der Waals surface area contributed by atoms with Gasteiger partial charge in [0.25, 0.3) is 5.91 Å². The lowest BCUT2D eigenvalue weighted by atomic mass is 9.94. The fraction of sp³-hybridized carbons (Fsp3) is 0.409. The normalized spacial score (nSPS) is 23.1. The topological polar surface area (TPSA) is 72.9 Å². The highest BCUT2D eigenvalue weighted by Crippen LogP contribution is 2.44. The zero-order valence-electron chi connectivity index (χ0n) is 16.0. The lowest BCUT2D eigenvalue weighted by molar-refractivity contribution is 0.0923. The molecule has 4 atom stereocenters. The van der Waals surface area contributed by atoms with Crippen LogP contribution in [-0.2, 0) is 4.74 Å². The van der Waals surface area contributed by atoms with Gasteiger partial charge in [0.05, 0.1) is 18.8 Å². The van der Waals surface area contributed by atoms with Crippen molar-refractivity contribution in [1.82, 2.24) is 5.32 Å². The van der Waals surface area contributed by atoms with E-state index in [1.165, 1.54) is 6.07 Å². The number of benzene rings is 1. The first kappa shape index (κ1) is 19.7. The Morgan fingerprint density at radius 1 is 1.31 bits per heavy atom. The zero-order valence-corrected chi connectivity index (χ0v) is 16.7. The molecule has 1 N–H and O–H groups in total. The lowest BCUT2D eigenvalue weighted by Crippen LogP contribution is -2.30. The van der Waals surface area contributed by atoms with Crippen LogP contribution in [0.4, 0.5) is 0 Å². The smallest absolute Gasteiger partial charge is 0.255 e. The SMILES string of the molecule is [C-]#[N+]CC(c1cccc(Cl)c1)c1oc(C(=O)CC)cc1C(=O)NC1[C@H]2COC[C@@H]12. The van der Waals surface area contributed by atoms with Crippen molar-refractivity contribution < 1.29 is 18.7 Å². The van der Waals surface area contributed by atoms with E-state index in [9.17, 15) is 9.59 Å². The summed E-state index contributed by atoms with van der Waals surface area (Å²) in [6.07, 6.45) is 0.267. The maximum atomic E-state index is 13.1. The Balaban J connectivity index is 1.69. The molecule has 1 amide bonds. The number of nitrogens with one attached hydrogen (secondary N) is 1. The molecule has 1 aromatic carbocycles. The highest BCUT2D eigenvalue weighted by molar-refractivity contribution is 6.30. The van der Waals surface area contributed by atoms with Gasteiger partial charge in [-0.05, 0) is 17.7 Å². The number of carbonyl (C=O) groups excluding carboxylic acids is 2. The van der Waals surface area contributed by atoms with Gasteiger partial charge in [0, 0.05) is 35.4 Å². The van der Waals surface area contributed by atoms with Gasteiger partial charge in [0.2, 0.25) is 6.54 Å². The molecule has 2 aromatic rings. The van der Waals surface area contributed by atoms with E-state index in [1.807, 2.05) is 6.07 Å². The van der Waals surface area contributed by atoms with Crippen LogP contribution in [0, 0.1) is 18.4 Å². The van der Waals surface area contributed by atoms with E-state index < -0.39 is 5.92 Å². The van der Waals surface area contributed by atoms with Crippen molar-refractivity contribution in [3.05, 3.63) is 69.4 Å².